The van der Waals surface area contributed by atoms with Gasteiger partial charge in [0.05, 0.1) is 25.0 Å². The fourth-order valence-corrected chi connectivity index (χ4v) is 4.99. The van der Waals surface area contributed by atoms with Gasteiger partial charge in [0.2, 0.25) is 10.0 Å². The molecule has 0 bridgehead atoms. The topological polar surface area (TPSA) is 77.5 Å². The molecule has 2 saturated heterocycles. The van der Waals surface area contributed by atoms with Gasteiger partial charge in [-0.15, -0.1) is 24.0 Å². The number of nitrogens with zero attached hydrogens (tertiary/aromatic N) is 4. The van der Waals surface area contributed by atoms with Crippen LogP contribution in [0.25, 0.3) is 0 Å². The second kappa shape index (κ2) is 14.1. The van der Waals surface area contributed by atoms with Crippen molar-refractivity contribution in [1.29, 1.82) is 0 Å². The lowest BCUT2D eigenvalue weighted by molar-refractivity contribution is 0.0904. The number of hydrogen-bond acceptors (Lipinski definition) is 5. The lowest BCUT2D eigenvalue weighted by Gasteiger charge is -2.36. The minimum Gasteiger partial charge on any atom is -0.378 e. The normalized spacial score (nSPS) is 20.4. The molecule has 2 aliphatic heterocycles. The molecule has 0 radical (unpaired) electrons. The molecule has 2 aliphatic rings. The van der Waals surface area contributed by atoms with Crippen molar-refractivity contribution in [3.8, 4) is 0 Å². The number of piperidine rings is 1. The van der Waals surface area contributed by atoms with Gasteiger partial charge in [-0.25, -0.2) is 8.42 Å². The van der Waals surface area contributed by atoms with Crippen LogP contribution in [-0.2, 0) is 14.8 Å². The Morgan fingerprint density at radius 1 is 1.13 bits per heavy atom. The van der Waals surface area contributed by atoms with Crippen molar-refractivity contribution in [2.24, 2.45) is 10.9 Å². The van der Waals surface area contributed by atoms with Crippen LogP contribution in [0.5, 0.6) is 0 Å². The van der Waals surface area contributed by atoms with E-state index in [0.29, 0.717) is 26.2 Å². The molecule has 0 saturated carbocycles. The van der Waals surface area contributed by atoms with Gasteiger partial charge in [-0.05, 0) is 52.6 Å². The first-order valence-corrected chi connectivity index (χ1v) is 12.8. The first-order valence-electron chi connectivity index (χ1n) is 11.2. The highest BCUT2D eigenvalue weighted by atomic mass is 127. The number of ether oxygens (including phenoxy) is 1. The fourth-order valence-electron chi connectivity index (χ4n) is 3.71. The Hall–Kier alpha value is -0.170. The molecule has 0 aromatic carbocycles. The molecule has 0 atom stereocenters. The largest absolute Gasteiger partial charge is 0.378 e. The van der Waals surface area contributed by atoms with Crippen LogP contribution in [0.15, 0.2) is 4.99 Å². The van der Waals surface area contributed by atoms with E-state index >= 15 is 0 Å². The second-order valence-corrected chi connectivity index (χ2v) is 10.5. The van der Waals surface area contributed by atoms with E-state index in [4.69, 9.17) is 9.73 Å². The molecule has 0 unspecified atom stereocenters. The van der Waals surface area contributed by atoms with Gasteiger partial charge in [0.25, 0.3) is 0 Å². The van der Waals surface area contributed by atoms with Gasteiger partial charge in [0, 0.05) is 39.3 Å². The van der Waals surface area contributed by atoms with Crippen LogP contribution in [0.3, 0.4) is 0 Å². The smallest absolute Gasteiger partial charge is 0.216 e. The third kappa shape index (κ3) is 9.54. The van der Waals surface area contributed by atoms with E-state index < -0.39 is 10.0 Å². The molecule has 0 aromatic heterocycles. The van der Waals surface area contributed by atoms with Crippen LogP contribution in [-0.4, -0.2) is 106 Å². The maximum absolute atomic E-state index is 12.5. The highest BCUT2D eigenvalue weighted by Gasteiger charge is 2.28. The van der Waals surface area contributed by atoms with Gasteiger partial charge < -0.3 is 19.9 Å². The quantitative estimate of drug-likeness (QED) is 0.263. The SMILES string of the molecule is CCNC(=NCCN1CCC(C)CC1)N1CCN(S(=O)(=O)CCOC(C)C)CC1.I. The number of nitrogens with one attached hydrogen (secondary N) is 1. The van der Waals surface area contributed by atoms with Crippen molar-refractivity contribution in [3.05, 3.63) is 0 Å². The first-order chi connectivity index (χ1) is 13.8. The van der Waals surface area contributed by atoms with Gasteiger partial charge in [0.15, 0.2) is 5.96 Å². The van der Waals surface area contributed by atoms with Crippen molar-refractivity contribution in [2.75, 3.05) is 71.3 Å². The van der Waals surface area contributed by atoms with Gasteiger partial charge in [-0.1, -0.05) is 6.92 Å². The van der Waals surface area contributed by atoms with Crippen LogP contribution >= 0.6 is 24.0 Å². The van der Waals surface area contributed by atoms with Gasteiger partial charge in [-0.2, -0.15) is 4.31 Å². The van der Waals surface area contributed by atoms with Gasteiger partial charge >= 0.3 is 0 Å². The average molecular weight is 560 g/mol. The van der Waals surface area contributed by atoms with E-state index in [0.717, 1.165) is 31.5 Å². The predicted octanol–water partition coefficient (Wildman–Crippen LogP) is 1.67. The maximum atomic E-state index is 12.5. The Kier molecular flexibility index (Phi) is 13.1. The number of rotatable bonds is 9. The number of sulfonamides is 1. The van der Waals surface area contributed by atoms with E-state index in [-0.39, 0.29) is 42.4 Å². The number of hydrogen-bond donors (Lipinski definition) is 1. The standard InChI is InChI=1S/C20H41N5O3S.HI/c1-5-21-20(22-8-11-23-9-6-19(4)7-10-23)24-12-14-25(15-13-24)29(26,27)17-16-28-18(2)3;/h18-19H,5-17H2,1-4H3,(H,21,22);1H. The maximum Gasteiger partial charge on any atom is 0.216 e. The lowest BCUT2D eigenvalue weighted by atomic mass is 9.99. The molecule has 2 fully saturated rings. The van der Waals surface area contributed by atoms with Crippen LogP contribution in [0.2, 0.25) is 0 Å². The summed E-state index contributed by atoms with van der Waals surface area (Å²) in [5.41, 5.74) is 0. The molecule has 0 aliphatic carbocycles. The number of likely N-dealkylation sites (tertiary alicyclic amines) is 1. The summed E-state index contributed by atoms with van der Waals surface area (Å²) < 4.78 is 32.0. The zero-order chi connectivity index (χ0) is 21.3. The molecule has 1 N–H and O–H groups in total. The van der Waals surface area contributed by atoms with E-state index in [1.54, 1.807) is 4.31 Å². The molecule has 10 heteroatoms. The molecule has 0 aromatic rings. The Bertz CT molecular complexity index is 602. The lowest BCUT2D eigenvalue weighted by Crippen LogP contribution is -2.54. The summed E-state index contributed by atoms with van der Waals surface area (Å²) in [4.78, 5) is 9.48. The highest BCUT2D eigenvalue weighted by Crippen LogP contribution is 2.15. The minimum absolute atomic E-state index is 0. The van der Waals surface area contributed by atoms with Crippen LogP contribution < -0.4 is 5.32 Å². The number of halogens is 1. The van der Waals surface area contributed by atoms with Crippen molar-refractivity contribution < 1.29 is 13.2 Å². The second-order valence-electron chi connectivity index (χ2n) is 8.38. The van der Waals surface area contributed by atoms with E-state index in [2.05, 4.69) is 29.0 Å². The Morgan fingerprint density at radius 3 is 2.33 bits per heavy atom. The molecule has 178 valence electrons. The summed E-state index contributed by atoms with van der Waals surface area (Å²) in [7, 11) is -3.26. The third-order valence-electron chi connectivity index (χ3n) is 5.61. The third-order valence-corrected chi connectivity index (χ3v) is 7.45. The Balaban J connectivity index is 0.00000450. The summed E-state index contributed by atoms with van der Waals surface area (Å²) in [5.74, 6) is 1.79. The molecule has 30 heavy (non-hydrogen) atoms. The predicted molar refractivity (Wildman–Crippen MR) is 134 cm³/mol. The van der Waals surface area contributed by atoms with Crippen LogP contribution in [0.1, 0.15) is 40.5 Å². The zero-order valence-electron chi connectivity index (χ0n) is 19.2. The molecule has 0 spiro atoms. The molecule has 0 amide bonds. The van der Waals surface area contributed by atoms with E-state index in [1.807, 2.05) is 13.8 Å². The molecule has 2 rings (SSSR count). The van der Waals surface area contributed by atoms with E-state index in [9.17, 15) is 8.42 Å². The summed E-state index contributed by atoms with van der Waals surface area (Å²) in [6, 6.07) is 0. The Labute approximate surface area is 200 Å². The van der Waals surface area contributed by atoms with Gasteiger partial charge in [-0.3, -0.25) is 4.99 Å². The van der Waals surface area contributed by atoms with E-state index in [1.165, 1.54) is 25.9 Å². The first kappa shape index (κ1) is 27.9. The van der Waals surface area contributed by atoms with Crippen molar-refractivity contribution in [1.82, 2.24) is 19.4 Å². The van der Waals surface area contributed by atoms with Crippen molar-refractivity contribution >= 4 is 40.0 Å². The summed E-state index contributed by atoms with van der Waals surface area (Å²) in [5, 5.41) is 3.37. The van der Waals surface area contributed by atoms with Crippen molar-refractivity contribution in [2.45, 2.75) is 46.6 Å². The minimum atomic E-state index is -3.26. The van der Waals surface area contributed by atoms with Crippen LogP contribution in [0.4, 0.5) is 0 Å². The molecular formula is C20H42IN5O3S. The van der Waals surface area contributed by atoms with Gasteiger partial charge in [0.1, 0.15) is 0 Å². The summed E-state index contributed by atoms with van der Waals surface area (Å²) in [6.45, 7) is 15.7. The molecule has 8 nitrogen and oxygen atoms in total. The monoisotopic (exact) mass is 559 g/mol. The Morgan fingerprint density at radius 2 is 1.77 bits per heavy atom. The number of piperazine rings is 1. The number of guanidine groups is 1. The summed E-state index contributed by atoms with van der Waals surface area (Å²) >= 11 is 0. The summed E-state index contributed by atoms with van der Waals surface area (Å²) in [6.07, 6.45) is 2.61. The van der Waals surface area contributed by atoms with Crippen LogP contribution in [0, 0.1) is 5.92 Å². The molecule has 2 heterocycles. The zero-order valence-corrected chi connectivity index (χ0v) is 22.3. The fraction of sp³-hybridized carbons (Fsp3) is 0.950. The average Bonchev–Trinajstić information content (AvgIpc) is 2.68. The molecular weight excluding hydrogens is 517 g/mol. The van der Waals surface area contributed by atoms with Crippen molar-refractivity contribution in [3.63, 3.8) is 0 Å². The highest BCUT2D eigenvalue weighted by molar-refractivity contribution is 14.0. The number of aliphatic imine (C=N–C) groups is 1.